The normalized spacial score (nSPS) is 11.6. The molecule has 1 amide bonds. The Morgan fingerprint density at radius 1 is 1.18 bits per heavy atom. The summed E-state index contributed by atoms with van der Waals surface area (Å²) in [6, 6.07) is 12.9. The Kier molecular flexibility index (Phi) is 6.53. The Balaban J connectivity index is 2.14. The second-order valence-electron chi connectivity index (χ2n) is 5.73. The molecule has 0 saturated carbocycles. The summed E-state index contributed by atoms with van der Waals surface area (Å²) in [4.78, 5) is 30.5. The van der Waals surface area contributed by atoms with E-state index in [1.165, 1.54) is 18.4 Å². The summed E-state index contributed by atoms with van der Waals surface area (Å²) >= 11 is 2.92. The lowest BCUT2D eigenvalue weighted by Gasteiger charge is -2.05. The average molecular weight is 417 g/mol. The van der Waals surface area contributed by atoms with Gasteiger partial charge < -0.3 is 14.0 Å². The van der Waals surface area contributed by atoms with Crippen molar-refractivity contribution in [3.63, 3.8) is 0 Å². The molecule has 0 N–H and O–H groups in total. The maximum Gasteiger partial charge on any atom is 0.325 e. The number of amides is 1. The lowest BCUT2D eigenvalue weighted by atomic mass is 10.2. The van der Waals surface area contributed by atoms with Crippen LogP contribution < -0.4 is 9.54 Å². The topological polar surface area (TPSA) is 69.9 Å². The first-order chi connectivity index (χ1) is 13.6. The van der Waals surface area contributed by atoms with Crippen LogP contribution in [-0.2, 0) is 16.1 Å². The fourth-order valence-corrected chi connectivity index (χ4v) is 4.54. The molecule has 0 unspecified atom stereocenters. The summed E-state index contributed by atoms with van der Waals surface area (Å²) in [7, 11) is 2.93. The molecule has 0 atom stereocenters. The van der Waals surface area contributed by atoms with Gasteiger partial charge >= 0.3 is 5.97 Å². The summed E-state index contributed by atoms with van der Waals surface area (Å²) in [6.07, 6.45) is 0. The first-order valence-corrected chi connectivity index (χ1v) is 10.4. The first-order valence-electron chi connectivity index (χ1n) is 8.62. The van der Waals surface area contributed by atoms with E-state index in [-0.39, 0.29) is 12.5 Å². The highest BCUT2D eigenvalue weighted by Gasteiger charge is 2.15. The van der Waals surface area contributed by atoms with Gasteiger partial charge in [-0.1, -0.05) is 30.4 Å². The van der Waals surface area contributed by atoms with Crippen LogP contribution in [0.1, 0.15) is 17.3 Å². The number of thiazole rings is 1. The summed E-state index contributed by atoms with van der Waals surface area (Å²) in [5, 5.41) is 0. The number of esters is 1. The van der Waals surface area contributed by atoms with E-state index in [0.717, 1.165) is 20.9 Å². The third kappa shape index (κ3) is 4.28. The third-order valence-electron chi connectivity index (χ3n) is 4.02. The Morgan fingerprint density at radius 2 is 1.96 bits per heavy atom. The number of thioether (sulfide) groups is 1. The van der Waals surface area contributed by atoms with Crippen molar-refractivity contribution in [3.05, 3.63) is 52.8 Å². The van der Waals surface area contributed by atoms with E-state index in [1.54, 1.807) is 29.5 Å². The maximum absolute atomic E-state index is 12.9. The van der Waals surface area contributed by atoms with Crippen molar-refractivity contribution < 1.29 is 19.1 Å². The predicted molar refractivity (Wildman–Crippen MR) is 111 cm³/mol. The van der Waals surface area contributed by atoms with Crippen LogP contribution in [0.15, 0.2) is 52.4 Å². The van der Waals surface area contributed by atoms with Crippen LogP contribution in [0.3, 0.4) is 0 Å². The van der Waals surface area contributed by atoms with Crippen LogP contribution in [-0.4, -0.2) is 36.4 Å². The van der Waals surface area contributed by atoms with Crippen LogP contribution in [0, 0.1) is 0 Å². The Bertz CT molecular complexity index is 1090. The maximum atomic E-state index is 12.9. The zero-order valence-corrected chi connectivity index (χ0v) is 17.4. The van der Waals surface area contributed by atoms with E-state index in [9.17, 15) is 9.59 Å². The third-order valence-corrected chi connectivity index (χ3v) is 6.02. The minimum atomic E-state index is -0.411. The zero-order valence-electron chi connectivity index (χ0n) is 15.8. The molecule has 2 aromatic carbocycles. The minimum absolute atomic E-state index is 0.0275. The second kappa shape index (κ2) is 9.07. The highest BCUT2D eigenvalue weighted by atomic mass is 32.2. The minimum Gasteiger partial charge on any atom is -0.497 e. The summed E-state index contributed by atoms with van der Waals surface area (Å²) in [5.41, 5.74) is 1.34. The van der Waals surface area contributed by atoms with E-state index in [1.807, 2.05) is 43.3 Å². The van der Waals surface area contributed by atoms with Crippen molar-refractivity contribution in [1.29, 1.82) is 0 Å². The highest BCUT2D eigenvalue weighted by Crippen LogP contribution is 2.25. The fraction of sp³-hybridized carbons (Fsp3) is 0.250. The van der Waals surface area contributed by atoms with Crippen LogP contribution in [0.2, 0.25) is 0 Å². The number of hydrogen-bond donors (Lipinski definition) is 0. The predicted octanol–water partition coefficient (Wildman–Crippen LogP) is 3.74. The molecular formula is C20H20N2O4S2. The number of hydrogen-bond acceptors (Lipinski definition) is 6. The fourth-order valence-electron chi connectivity index (χ4n) is 2.68. The van der Waals surface area contributed by atoms with Gasteiger partial charge in [0.1, 0.15) is 12.3 Å². The Morgan fingerprint density at radius 3 is 2.68 bits per heavy atom. The second-order valence-corrected chi connectivity index (χ2v) is 8.04. The first kappa shape index (κ1) is 20.2. The van der Waals surface area contributed by atoms with Gasteiger partial charge in [0.15, 0.2) is 4.80 Å². The lowest BCUT2D eigenvalue weighted by molar-refractivity contribution is -0.141. The molecule has 6 nitrogen and oxygen atoms in total. The highest BCUT2D eigenvalue weighted by molar-refractivity contribution is 7.99. The van der Waals surface area contributed by atoms with Gasteiger partial charge in [0.05, 0.1) is 30.0 Å². The molecule has 3 aromatic rings. The molecular weight excluding hydrogens is 396 g/mol. The Labute approximate surface area is 170 Å². The number of benzene rings is 2. The van der Waals surface area contributed by atoms with E-state index in [4.69, 9.17) is 9.47 Å². The van der Waals surface area contributed by atoms with Crippen LogP contribution in [0.4, 0.5) is 0 Å². The van der Waals surface area contributed by atoms with Gasteiger partial charge in [0, 0.05) is 4.90 Å². The largest absolute Gasteiger partial charge is 0.497 e. The van der Waals surface area contributed by atoms with Gasteiger partial charge in [-0.2, -0.15) is 4.99 Å². The SMILES string of the molecule is CCSc1ccccc1C(=O)N=c1sc2cc(OC)ccc2n1CC(=O)OC. The van der Waals surface area contributed by atoms with Crippen LogP contribution in [0.25, 0.3) is 10.2 Å². The molecule has 3 rings (SSSR count). The van der Waals surface area contributed by atoms with Gasteiger partial charge in [-0.3, -0.25) is 9.59 Å². The average Bonchev–Trinajstić information content (AvgIpc) is 3.04. The standard InChI is InChI=1S/C20H20N2O4S2/c1-4-27-16-8-6-5-7-14(16)19(24)21-20-22(12-18(23)26-3)15-10-9-13(25-2)11-17(15)28-20/h5-11H,4,12H2,1-3H3. The number of nitrogens with zero attached hydrogens (tertiary/aromatic N) is 2. The molecule has 0 bridgehead atoms. The van der Waals surface area contributed by atoms with E-state index in [2.05, 4.69) is 4.99 Å². The van der Waals surface area contributed by atoms with Crippen LogP contribution >= 0.6 is 23.1 Å². The van der Waals surface area contributed by atoms with Gasteiger partial charge in [-0.15, -0.1) is 11.8 Å². The lowest BCUT2D eigenvalue weighted by Crippen LogP contribution is -2.22. The van der Waals surface area contributed by atoms with E-state index >= 15 is 0 Å². The summed E-state index contributed by atoms with van der Waals surface area (Å²) in [5.74, 6) is 0.802. The molecule has 146 valence electrons. The van der Waals surface area contributed by atoms with Crippen molar-refractivity contribution >= 4 is 45.2 Å². The van der Waals surface area contributed by atoms with Crippen LogP contribution in [0.5, 0.6) is 5.75 Å². The zero-order chi connectivity index (χ0) is 20.1. The number of ether oxygens (including phenoxy) is 2. The Hall–Kier alpha value is -2.58. The molecule has 0 aliphatic heterocycles. The molecule has 8 heteroatoms. The molecule has 0 radical (unpaired) electrons. The quantitative estimate of drug-likeness (QED) is 0.452. The van der Waals surface area contributed by atoms with Crippen molar-refractivity contribution in [1.82, 2.24) is 4.57 Å². The smallest absolute Gasteiger partial charge is 0.325 e. The van der Waals surface area contributed by atoms with E-state index < -0.39 is 5.97 Å². The number of carbonyl (C=O) groups is 2. The molecule has 1 heterocycles. The number of rotatable bonds is 6. The van der Waals surface area contributed by atoms with Gasteiger partial charge in [0.2, 0.25) is 0 Å². The number of aromatic nitrogens is 1. The monoisotopic (exact) mass is 416 g/mol. The van der Waals surface area contributed by atoms with Gasteiger partial charge in [0.25, 0.3) is 5.91 Å². The molecule has 0 aliphatic carbocycles. The van der Waals surface area contributed by atoms with Crippen molar-refractivity contribution in [2.75, 3.05) is 20.0 Å². The molecule has 0 saturated heterocycles. The summed E-state index contributed by atoms with van der Waals surface area (Å²) in [6.45, 7) is 2.01. The van der Waals surface area contributed by atoms with Gasteiger partial charge in [-0.05, 0) is 36.1 Å². The van der Waals surface area contributed by atoms with Crippen molar-refractivity contribution in [2.45, 2.75) is 18.4 Å². The molecule has 0 spiro atoms. The van der Waals surface area contributed by atoms with E-state index in [0.29, 0.717) is 16.1 Å². The van der Waals surface area contributed by atoms with Crippen molar-refractivity contribution in [3.8, 4) is 5.75 Å². The van der Waals surface area contributed by atoms with Crippen molar-refractivity contribution in [2.24, 2.45) is 4.99 Å². The molecule has 0 aliphatic rings. The molecule has 0 fully saturated rings. The molecule has 28 heavy (non-hydrogen) atoms. The number of carbonyl (C=O) groups excluding carboxylic acids is 2. The number of methoxy groups -OCH3 is 2. The number of fused-ring (bicyclic) bond motifs is 1. The molecule has 1 aromatic heterocycles. The summed E-state index contributed by atoms with van der Waals surface area (Å²) < 4.78 is 12.6. The van der Waals surface area contributed by atoms with Gasteiger partial charge in [-0.25, -0.2) is 0 Å².